The molecule has 0 saturated heterocycles. The zero-order valence-corrected chi connectivity index (χ0v) is 13.5. The fraction of sp³-hybridized carbons (Fsp3) is 0.0714. The number of benzene rings is 2. The van der Waals surface area contributed by atoms with E-state index in [1.54, 1.807) is 43.5 Å². The molecule has 0 aliphatic rings. The van der Waals surface area contributed by atoms with E-state index in [4.69, 9.17) is 22.1 Å². The zero-order chi connectivity index (χ0) is 14.7. The van der Waals surface area contributed by atoms with Crippen molar-refractivity contribution in [3.05, 3.63) is 50.6 Å². The van der Waals surface area contributed by atoms with Crippen molar-refractivity contribution in [2.45, 2.75) is 0 Å². The van der Waals surface area contributed by atoms with Gasteiger partial charge in [-0.3, -0.25) is 4.79 Å². The van der Waals surface area contributed by atoms with Crippen LogP contribution in [0.5, 0.6) is 5.75 Å². The third-order valence-corrected chi connectivity index (χ3v) is 3.86. The molecular formula is C14H12ClIN2O2. The molecule has 1 amide bonds. The molecule has 3 N–H and O–H groups in total. The van der Waals surface area contributed by atoms with Crippen LogP contribution >= 0.6 is 34.2 Å². The van der Waals surface area contributed by atoms with Gasteiger partial charge in [0.15, 0.2) is 0 Å². The van der Waals surface area contributed by atoms with Crippen molar-refractivity contribution in [3.63, 3.8) is 0 Å². The number of nitrogens with one attached hydrogen (secondary N) is 1. The minimum atomic E-state index is -0.256. The second kappa shape index (κ2) is 6.32. The molecule has 0 bridgehead atoms. The normalized spacial score (nSPS) is 10.2. The van der Waals surface area contributed by atoms with E-state index >= 15 is 0 Å². The van der Waals surface area contributed by atoms with E-state index in [2.05, 4.69) is 27.9 Å². The predicted octanol–water partition coefficient (Wildman–Crippen LogP) is 3.79. The monoisotopic (exact) mass is 402 g/mol. The molecule has 2 aromatic rings. The lowest BCUT2D eigenvalue weighted by molar-refractivity contribution is 0.102. The van der Waals surface area contributed by atoms with Crippen LogP contribution < -0.4 is 15.8 Å². The van der Waals surface area contributed by atoms with E-state index in [9.17, 15) is 4.79 Å². The first-order valence-electron chi connectivity index (χ1n) is 5.71. The first-order valence-corrected chi connectivity index (χ1v) is 7.17. The highest BCUT2D eigenvalue weighted by atomic mass is 127. The Bertz CT molecular complexity index is 662. The topological polar surface area (TPSA) is 64.3 Å². The lowest BCUT2D eigenvalue weighted by atomic mass is 10.2. The number of halogens is 2. The summed E-state index contributed by atoms with van der Waals surface area (Å²) in [6, 6.07) is 10.2. The average molecular weight is 403 g/mol. The summed E-state index contributed by atoms with van der Waals surface area (Å²) in [4.78, 5) is 12.2. The summed E-state index contributed by atoms with van der Waals surface area (Å²) in [6.07, 6.45) is 0. The molecule has 0 aliphatic heterocycles. The highest BCUT2D eigenvalue weighted by molar-refractivity contribution is 14.1. The number of carbonyl (C=O) groups excluding carboxylic acids is 1. The summed E-state index contributed by atoms with van der Waals surface area (Å²) in [5.74, 6) is 0.381. The second-order valence-electron chi connectivity index (χ2n) is 4.03. The number of nitrogens with two attached hydrogens (primary N) is 1. The Kier molecular flexibility index (Phi) is 4.72. The van der Waals surface area contributed by atoms with Crippen molar-refractivity contribution in [3.8, 4) is 5.75 Å². The van der Waals surface area contributed by atoms with Crippen LogP contribution in [0.4, 0.5) is 11.4 Å². The van der Waals surface area contributed by atoms with Gasteiger partial charge in [0, 0.05) is 14.7 Å². The van der Waals surface area contributed by atoms with Crippen LogP contribution in [0.2, 0.25) is 5.02 Å². The Hall–Kier alpha value is -1.47. The highest BCUT2D eigenvalue weighted by Gasteiger charge is 2.12. The molecule has 6 heteroatoms. The van der Waals surface area contributed by atoms with Crippen LogP contribution in [0.3, 0.4) is 0 Å². The van der Waals surface area contributed by atoms with Crippen LogP contribution in [0.25, 0.3) is 0 Å². The number of anilines is 2. The molecule has 0 aliphatic carbocycles. The van der Waals surface area contributed by atoms with Gasteiger partial charge in [0.25, 0.3) is 5.91 Å². The molecule has 0 aromatic heterocycles. The van der Waals surface area contributed by atoms with Gasteiger partial charge in [-0.05, 0) is 52.9 Å². The van der Waals surface area contributed by atoms with Crippen molar-refractivity contribution >= 4 is 51.5 Å². The van der Waals surface area contributed by atoms with Crippen molar-refractivity contribution < 1.29 is 9.53 Å². The third-order valence-electron chi connectivity index (χ3n) is 2.68. The number of methoxy groups -OCH3 is 1. The molecule has 0 fully saturated rings. The van der Waals surface area contributed by atoms with Gasteiger partial charge >= 0.3 is 0 Å². The van der Waals surface area contributed by atoms with Crippen molar-refractivity contribution in [2.75, 3.05) is 18.2 Å². The number of ether oxygens (including phenoxy) is 1. The first-order chi connectivity index (χ1) is 9.51. The predicted molar refractivity (Wildman–Crippen MR) is 89.5 cm³/mol. The molecule has 0 atom stereocenters. The molecular weight excluding hydrogens is 391 g/mol. The number of nitrogen functional groups attached to an aromatic ring is 1. The molecule has 0 unspecified atom stereocenters. The van der Waals surface area contributed by atoms with Gasteiger partial charge < -0.3 is 15.8 Å². The van der Waals surface area contributed by atoms with Gasteiger partial charge in [0.2, 0.25) is 0 Å². The lowest BCUT2D eigenvalue weighted by Gasteiger charge is -2.10. The fourth-order valence-corrected chi connectivity index (χ4v) is 2.40. The number of amides is 1. The molecule has 2 rings (SSSR count). The van der Waals surface area contributed by atoms with Gasteiger partial charge in [-0.1, -0.05) is 11.6 Å². The molecule has 2 aromatic carbocycles. The van der Waals surface area contributed by atoms with Crippen LogP contribution in [-0.2, 0) is 0 Å². The third kappa shape index (κ3) is 3.34. The molecule has 0 heterocycles. The smallest absolute Gasteiger partial charge is 0.256 e. The van der Waals surface area contributed by atoms with Crippen LogP contribution in [-0.4, -0.2) is 13.0 Å². The summed E-state index contributed by atoms with van der Waals surface area (Å²) < 4.78 is 5.88. The van der Waals surface area contributed by atoms with Crippen LogP contribution in [0.1, 0.15) is 10.4 Å². The highest BCUT2D eigenvalue weighted by Crippen LogP contribution is 2.25. The van der Waals surface area contributed by atoms with Gasteiger partial charge in [-0.25, -0.2) is 0 Å². The SMILES string of the molecule is COc1ccc(NC(=O)c2cc(Cl)ccc2I)c(N)c1. The van der Waals surface area contributed by atoms with E-state index < -0.39 is 0 Å². The van der Waals surface area contributed by atoms with Crippen LogP contribution in [0, 0.1) is 3.57 Å². The molecule has 4 nitrogen and oxygen atoms in total. The maximum atomic E-state index is 12.2. The number of carbonyl (C=O) groups is 1. The Balaban J connectivity index is 2.25. The summed E-state index contributed by atoms with van der Waals surface area (Å²) in [5, 5.41) is 3.28. The van der Waals surface area contributed by atoms with Crippen LogP contribution in [0.15, 0.2) is 36.4 Å². The van der Waals surface area contributed by atoms with Gasteiger partial charge in [-0.2, -0.15) is 0 Å². The van der Waals surface area contributed by atoms with E-state index in [0.29, 0.717) is 27.7 Å². The van der Waals surface area contributed by atoms with Gasteiger partial charge in [-0.15, -0.1) is 0 Å². The standard InChI is InChI=1S/C14H12ClIN2O2/c1-20-9-3-5-13(12(17)7-9)18-14(19)10-6-8(15)2-4-11(10)16/h2-7H,17H2,1H3,(H,18,19). The molecule has 0 spiro atoms. The Morgan fingerprint density at radius 1 is 1.30 bits per heavy atom. The molecule has 104 valence electrons. The van der Waals surface area contributed by atoms with E-state index in [0.717, 1.165) is 3.57 Å². The minimum absolute atomic E-state index is 0.256. The van der Waals surface area contributed by atoms with Crippen molar-refractivity contribution in [2.24, 2.45) is 0 Å². The van der Waals surface area contributed by atoms with Gasteiger partial charge in [0.1, 0.15) is 5.75 Å². The number of hydrogen-bond acceptors (Lipinski definition) is 3. The van der Waals surface area contributed by atoms with Crippen molar-refractivity contribution in [1.82, 2.24) is 0 Å². The van der Waals surface area contributed by atoms with E-state index in [1.165, 1.54) is 0 Å². The average Bonchev–Trinajstić information content (AvgIpc) is 2.43. The quantitative estimate of drug-likeness (QED) is 0.606. The summed E-state index contributed by atoms with van der Waals surface area (Å²) >= 11 is 7.99. The Morgan fingerprint density at radius 3 is 2.70 bits per heavy atom. The second-order valence-corrected chi connectivity index (χ2v) is 5.63. The summed E-state index contributed by atoms with van der Waals surface area (Å²) in [6.45, 7) is 0. The number of hydrogen-bond donors (Lipinski definition) is 2. The lowest BCUT2D eigenvalue weighted by Crippen LogP contribution is -2.14. The van der Waals surface area contributed by atoms with Crippen molar-refractivity contribution in [1.29, 1.82) is 0 Å². The minimum Gasteiger partial charge on any atom is -0.497 e. The maximum absolute atomic E-state index is 12.2. The Morgan fingerprint density at radius 2 is 2.05 bits per heavy atom. The largest absolute Gasteiger partial charge is 0.497 e. The molecule has 0 radical (unpaired) electrons. The maximum Gasteiger partial charge on any atom is 0.256 e. The number of rotatable bonds is 3. The molecule has 0 saturated carbocycles. The van der Waals surface area contributed by atoms with E-state index in [1.807, 2.05) is 0 Å². The summed E-state index contributed by atoms with van der Waals surface area (Å²) in [5.41, 5.74) is 7.35. The zero-order valence-electron chi connectivity index (χ0n) is 10.6. The fourth-order valence-electron chi connectivity index (χ4n) is 1.64. The van der Waals surface area contributed by atoms with Gasteiger partial charge in [0.05, 0.1) is 24.0 Å². The first kappa shape index (κ1) is 14.9. The Labute approximate surface area is 135 Å². The summed E-state index contributed by atoms with van der Waals surface area (Å²) in [7, 11) is 1.56. The molecule has 20 heavy (non-hydrogen) atoms. The van der Waals surface area contributed by atoms with E-state index in [-0.39, 0.29) is 5.91 Å².